The maximum Gasteiger partial charge on any atom is 0.325 e. The van der Waals surface area contributed by atoms with Gasteiger partial charge in [-0.2, -0.15) is 0 Å². The van der Waals surface area contributed by atoms with E-state index in [0.29, 0.717) is 6.42 Å². The Kier molecular flexibility index (Phi) is 5.31. The molecule has 1 aromatic rings. The SMILES string of the molecule is CCCC1(C2CCNCC2)NC(=O)N(Cc2cc(=O)c(OC)co2)C1=O. The maximum atomic E-state index is 13.2. The first-order chi connectivity index (χ1) is 12.5. The zero-order chi connectivity index (χ0) is 18.7. The van der Waals surface area contributed by atoms with Gasteiger partial charge in [-0.25, -0.2) is 4.79 Å². The van der Waals surface area contributed by atoms with Crippen molar-refractivity contribution in [1.29, 1.82) is 0 Å². The predicted octanol–water partition coefficient (Wildman–Crippen LogP) is 1.24. The molecule has 26 heavy (non-hydrogen) atoms. The highest BCUT2D eigenvalue weighted by atomic mass is 16.5. The van der Waals surface area contributed by atoms with Gasteiger partial charge in [0.05, 0.1) is 13.7 Å². The van der Waals surface area contributed by atoms with E-state index in [1.807, 2.05) is 6.92 Å². The average Bonchev–Trinajstić information content (AvgIpc) is 2.88. The van der Waals surface area contributed by atoms with Gasteiger partial charge in [0.15, 0.2) is 0 Å². The Morgan fingerprint density at radius 1 is 1.31 bits per heavy atom. The molecule has 1 unspecified atom stereocenters. The molecule has 1 aromatic heterocycles. The van der Waals surface area contributed by atoms with Crippen LogP contribution in [0.1, 0.15) is 38.4 Å². The minimum Gasteiger partial charge on any atom is -0.490 e. The summed E-state index contributed by atoms with van der Waals surface area (Å²) in [6.45, 7) is 3.62. The number of carbonyl (C=O) groups is 2. The first-order valence-corrected chi connectivity index (χ1v) is 9.02. The van der Waals surface area contributed by atoms with E-state index in [1.165, 1.54) is 19.4 Å². The van der Waals surface area contributed by atoms with Crippen LogP contribution in [0, 0.1) is 5.92 Å². The number of hydrogen-bond donors (Lipinski definition) is 2. The second-order valence-corrected chi connectivity index (χ2v) is 6.85. The monoisotopic (exact) mass is 363 g/mol. The number of nitrogens with one attached hydrogen (secondary N) is 2. The van der Waals surface area contributed by atoms with Crippen LogP contribution >= 0.6 is 0 Å². The van der Waals surface area contributed by atoms with Crippen molar-refractivity contribution in [3.8, 4) is 5.75 Å². The number of methoxy groups -OCH3 is 1. The van der Waals surface area contributed by atoms with Crippen LogP contribution in [-0.2, 0) is 11.3 Å². The Hall–Kier alpha value is -2.35. The molecule has 0 aromatic carbocycles. The molecule has 2 saturated heterocycles. The third kappa shape index (κ3) is 3.21. The van der Waals surface area contributed by atoms with Crippen molar-refractivity contribution in [3.63, 3.8) is 0 Å². The molecule has 142 valence electrons. The number of ether oxygens (including phenoxy) is 1. The number of rotatable bonds is 6. The fourth-order valence-corrected chi connectivity index (χ4v) is 3.97. The second kappa shape index (κ2) is 7.49. The molecule has 0 saturated carbocycles. The molecular formula is C18H25N3O5. The van der Waals surface area contributed by atoms with Crippen LogP contribution in [-0.4, -0.2) is 42.6 Å². The third-order valence-electron chi connectivity index (χ3n) is 5.27. The van der Waals surface area contributed by atoms with E-state index in [1.54, 1.807) is 0 Å². The van der Waals surface area contributed by atoms with Crippen molar-refractivity contribution in [2.75, 3.05) is 20.2 Å². The topological polar surface area (TPSA) is 101 Å². The number of nitrogens with zero attached hydrogens (tertiary/aromatic N) is 1. The van der Waals surface area contributed by atoms with E-state index in [-0.39, 0.29) is 35.3 Å². The summed E-state index contributed by atoms with van der Waals surface area (Å²) in [7, 11) is 1.38. The average molecular weight is 363 g/mol. The molecule has 0 radical (unpaired) electrons. The molecule has 3 amide bonds. The minimum absolute atomic E-state index is 0.0691. The third-order valence-corrected chi connectivity index (χ3v) is 5.27. The van der Waals surface area contributed by atoms with Gasteiger partial charge in [0.2, 0.25) is 11.2 Å². The van der Waals surface area contributed by atoms with Gasteiger partial charge in [-0.15, -0.1) is 0 Å². The summed E-state index contributed by atoms with van der Waals surface area (Å²) in [5.41, 5.74) is -1.21. The predicted molar refractivity (Wildman–Crippen MR) is 93.8 cm³/mol. The molecule has 2 N–H and O–H groups in total. The molecule has 1 atom stereocenters. The number of urea groups is 1. The normalized spacial score (nSPS) is 24.0. The maximum absolute atomic E-state index is 13.2. The van der Waals surface area contributed by atoms with Crippen LogP contribution in [0.15, 0.2) is 21.5 Å². The number of piperidine rings is 1. The van der Waals surface area contributed by atoms with Crippen molar-refractivity contribution >= 4 is 11.9 Å². The van der Waals surface area contributed by atoms with Gasteiger partial charge in [-0.3, -0.25) is 14.5 Å². The van der Waals surface area contributed by atoms with Crippen molar-refractivity contribution in [1.82, 2.24) is 15.5 Å². The van der Waals surface area contributed by atoms with Gasteiger partial charge in [-0.1, -0.05) is 13.3 Å². The van der Waals surface area contributed by atoms with Crippen LogP contribution in [0.5, 0.6) is 5.75 Å². The summed E-state index contributed by atoms with van der Waals surface area (Å²) in [5, 5.41) is 6.25. The molecule has 2 aliphatic heterocycles. The zero-order valence-corrected chi connectivity index (χ0v) is 15.2. The lowest BCUT2D eigenvalue weighted by Gasteiger charge is -2.37. The molecular weight excluding hydrogens is 338 g/mol. The largest absolute Gasteiger partial charge is 0.490 e. The van der Waals surface area contributed by atoms with Gasteiger partial charge in [0.25, 0.3) is 5.91 Å². The first kappa shape index (κ1) is 18.4. The van der Waals surface area contributed by atoms with E-state index in [4.69, 9.17) is 9.15 Å². The number of amides is 3. The molecule has 3 heterocycles. The lowest BCUT2D eigenvalue weighted by Crippen LogP contribution is -2.55. The first-order valence-electron chi connectivity index (χ1n) is 9.02. The van der Waals surface area contributed by atoms with Gasteiger partial charge in [-0.05, 0) is 38.3 Å². The second-order valence-electron chi connectivity index (χ2n) is 6.85. The van der Waals surface area contributed by atoms with Crippen LogP contribution in [0.4, 0.5) is 4.79 Å². The molecule has 2 fully saturated rings. The fourth-order valence-electron chi connectivity index (χ4n) is 3.97. The Bertz CT molecular complexity index is 741. The zero-order valence-electron chi connectivity index (χ0n) is 15.2. The van der Waals surface area contributed by atoms with E-state index >= 15 is 0 Å². The Balaban J connectivity index is 1.84. The summed E-state index contributed by atoms with van der Waals surface area (Å²) in [6, 6.07) is 0.824. The summed E-state index contributed by atoms with van der Waals surface area (Å²) < 4.78 is 10.2. The highest BCUT2D eigenvalue weighted by Gasteiger charge is 2.54. The van der Waals surface area contributed by atoms with Gasteiger partial charge >= 0.3 is 6.03 Å². The fraction of sp³-hybridized carbons (Fsp3) is 0.611. The molecule has 0 spiro atoms. The molecule has 8 heteroatoms. The summed E-state index contributed by atoms with van der Waals surface area (Å²) >= 11 is 0. The van der Waals surface area contributed by atoms with E-state index < -0.39 is 11.6 Å². The van der Waals surface area contributed by atoms with Crippen molar-refractivity contribution in [3.05, 3.63) is 28.3 Å². The Morgan fingerprint density at radius 2 is 2.04 bits per heavy atom. The smallest absolute Gasteiger partial charge is 0.325 e. The van der Waals surface area contributed by atoms with Crippen molar-refractivity contribution < 1.29 is 18.7 Å². The summed E-state index contributed by atoms with van der Waals surface area (Å²) in [4.78, 5) is 38.8. The van der Waals surface area contributed by atoms with Crippen LogP contribution in [0.2, 0.25) is 0 Å². The number of carbonyl (C=O) groups excluding carboxylic acids is 2. The standard InChI is InChI=1S/C18H25N3O5/c1-3-6-18(12-4-7-19-8-5-12)16(23)21(17(24)20-18)10-13-9-14(22)15(25-2)11-26-13/h9,11-12,19H,3-8,10H2,1-2H3,(H,20,24). The highest BCUT2D eigenvalue weighted by Crippen LogP contribution is 2.36. The lowest BCUT2D eigenvalue weighted by atomic mass is 9.75. The van der Waals surface area contributed by atoms with Crippen LogP contribution in [0.25, 0.3) is 0 Å². The van der Waals surface area contributed by atoms with E-state index in [2.05, 4.69) is 10.6 Å². The number of imide groups is 1. The molecule has 3 rings (SSSR count). The highest BCUT2D eigenvalue weighted by molar-refractivity contribution is 6.07. The Morgan fingerprint density at radius 3 is 2.65 bits per heavy atom. The van der Waals surface area contributed by atoms with Gasteiger partial charge in [0, 0.05) is 6.07 Å². The molecule has 0 bridgehead atoms. The van der Waals surface area contributed by atoms with E-state index in [0.717, 1.165) is 37.3 Å². The van der Waals surface area contributed by atoms with Crippen molar-refractivity contribution in [2.24, 2.45) is 5.92 Å². The van der Waals surface area contributed by atoms with Gasteiger partial charge < -0.3 is 19.8 Å². The molecule has 2 aliphatic rings. The molecule has 8 nitrogen and oxygen atoms in total. The van der Waals surface area contributed by atoms with Crippen LogP contribution < -0.4 is 20.8 Å². The minimum atomic E-state index is -0.860. The van der Waals surface area contributed by atoms with E-state index in [9.17, 15) is 14.4 Å². The van der Waals surface area contributed by atoms with Crippen molar-refractivity contribution in [2.45, 2.75) is 44.7 Å². The van der Waals surface area contributed by atoms with Gasteiger partial charge in [0.1, 0.15) is 17.6 Å². The Labute approximate surface area is 151 Å². The summed E-state index contributed by atoms with van der Waals surface area (Å²) in [5.74, 6) is 0.209. The molecule has 0 aliphatic carbocycles. The number of hydrogen-bond acceptors (Lipinski definition) is 6. The summed E-state index contributed by atoms with van der Waals surface area (Å²) in [6.07, 6.45) is 4.28. The quantitative estimate of drug-likeness (QED) is 0.738. The lowest BCUT2D eigenvalue weighted by molar-refractivity contribution is -0.134. The van der Waals surface area contributed by atoms with Crippen LogP contribution in [0.3, 0.4) is 0 Å².